The van der Waals surface area contributed by atoms with Crippen LogP contribution in [0, 0.1) is 5.92 Å². The quantitative estimate of drug-likeness (QED) is 0.710. The molecule has 4 nitrogen and oxygen atoms in total. The van der Waals surface area contributed by atoms with Crippen molar-refractivity contribution in [2.75, 3.05) is 26.8 Å². The van der Waals surface area contributed by atoms with E-state index in [4.69, 9.17) is 4.74 Å². The smallest absolute Gasteiger partial charge is 0.224 e. The zero-order valence-electron chi connectivity index (χ0n) is 10.2. The van der Waals surface area contributed by atoms with Gasteiger partial charge in [0.05, 0.1) is 13.0 Å². The molecule has 92 valence electrons. The molecule has 0 N–H and O–H groups in total. The summed E-state index contributed by atoms with van der Waals surface area (Å²) in [5, 5.41) is 0. The lowest BCUT2D eigenvalue weighted by molar-refractivity contribution is -0.135. The number of carbonyl (C=O) groups excluding carboxylic acids is 2. The first-order valence-electron chi connectivity index (χ1n) is 5.98. The number of ether oxygens (including phenoxy) is 1. The van der Waals surface area contributed by atoms with Gasteiger partial charge in [0.15, 0.2) is 0 Å². The summed E-state index contributed by atoms with van der Waals surface area (Å²) < 4.78 is 4.88. The molecule has 4 heteroatoms. The third-order valence-electron chi connectivity index (χ3n) is 3.17. The summed E-state index contributed by atoms with van der Waals surface area (Å²) in [4.78, 5) is 25.0. The first-order valence-corrected chi connectivity index (χ1v) is 5.98. The highest BCUT2D eigenvalue weighted by Gasteiger charge is 2.25. The molecule has 0 aromatic heterocycles. The summed E-state index contributed by atoms with van der Waals surface area (Å²) in [6.07, 6.45) is 2.71. The summed E-state index contributed by atoms with van der Waals surface area (Å²) in [5.74, 6) is 0.657. The molecule has 1 heterocycles. The average molecular weight is 227 g/mol. The van der Waals surface area contributed by atoms with Crippen LogP contribution in [0.3, 0.4) is 0 Å². The predicted octanol–water partition coefficient (Wildman–Crippen LogP) is 1.24. The van der Waals surface area contributed by atoms with Gasteiger partial charge in [-0.1, -0.05) is 6.92 Å². The fourth-order valence-electron chi connectivity index (χ4n) is 2.09. The number of likely N-dealkylation sites (tertiary alicyclic amines) is 1. The summed E-state index contributed by atoms with van der Waals surface area (Å²) in [6, 6.07) is 0. The molecule has 0 radical (unpaired) electrons. The number of piperidine rings is 1. The van der Waals surface area contributed by atoms with E-state index in [2.05, 4.69) is 0 Å². The van der Waals surface area contributed by atoms with E-state index in [1.54, 1.807) is 7.11 Å². The van der Waals surface area contributed by atoms with Gasteiger partial charge in [-0.05, 0) is 12.8 Å². The molecule has 1 saturated heterocycles. The molecule has 1 aliphatic heterocycles. The van der Waals surface area contributed by atoms with E-state index in [0.717, 1.165) is 25.9 Å². The highest BCUT2D eigenvalue weighted by Crippen LogP contribution is 2.19. The van der Waals surface area contributed by atoms with Gasteiger partial charge in [0, 0.05) is 32.5 Å². The summed E-state index contributed by atoms with van der Waals surface area (Å²) in [7, 11) is 1.60. The molecule has 0 aliphatic carbocycles. The molecular formula is C12H21NO3. The molecule has 0 atom stereocenters. The zero-order valence-corrected chi connectivity index (χ0v) is 10.2. The Bertz CT molecular complexity index is 245. The SMILES string of the molecule is CCC(=O)C1CCN(C(=O)CCOC)CC1. The Morgan fingerprint density at radius 1 is 1.31 bits per heavy atom. The van der Waals surface area contributed by atoms with E-state index < -0.39 is 0 Å². The van der Waals surface area contributed by atoms with Crippen LogP contribution < -0.4 is 0 Å². The van der Waals surface area contributed by atoms with Gasteiger partial charge in [-0.2, -0.15) is 0 Å². The first-order chi connectivity index (χ1) is 7.69. The van der Waals surface area contributed by atoms with Gasteiger partial charge in [0.2, 0.25) is 5.91 Å². The van der Waals surface area contributed by atoms with Crippen molar-refractivity contribution >= 4 is 11.7 Å². The van der Waals surface area contributed by atoms with Crippen molar-refractivity contribution in [1.29, 1.82) is 0 Å². The number of rotatable bonds is 5. The van der Waals surface area contributed by atoms with Crippen molar-refractivity contribution in [3.8, 4) is 0 Å². The van der Waals surface area contributed by atoms with Crippen LogP contribution in [0.15, 0.2) is 0 Å². The van der Waals surface area contributed by atoms with Crippen LogP contribution in [0.25, 0.3) is 0 Å². The Kier molecular flexibility index (Phi) is 5.46. The van der Waals surface area contributed by atoms with E-state index in [0.29, 0.717) is 25.2 Å². The molecule has 0 aromatic carbocycles. The second-order valence-corrected chi connectivity index (χ2v) is 4.22. The Balaban J connectivity index is 2.31. The first kappa shape index (κ1) is 13.2. The van der Waals surface area contributed by atoms with Crippen LogP contribution in [0.4, 0.5) is 0 Å². The fraction of sp³-hybridized carbons (Fsp3) is 0.833. The number of amides is 1. The Morgan fingerprint density at radius 2 is 1.94 bits per heavy atom. The lowest BCUT2D eigenvalue weighted by Crippen LogP contribution is -2.40. The molecule has 0 saturated carbocycles. The van der Waals surface area contributed by atoms with Crippen molar-refractivity contribution in [3.05, 3.63) is 0 Å². The number of nitrogens with zero attached hydrogens (tertiary/aromatic N) is 1. The van der Waals surface area contributed by atoms with E-state index in [1.165, 1.54) is 0 Å². The summed E-state index contributed by atoms with van der Waals surface area (Å²) in [6.45, 7) is 3.82. The van der Waals surface area contributed by atoms with Crippen LogP contribution in [-0.2, 0) is 14.3 Å². The van der Waals surface area contributed by atoms with E-state index in [1.807, 2.05) is 11.8 Å². The van der Waals surface area contributed by atoms with Crippen molar-refractivity contribution < 1.29 is 14.3 Å². The molecular weight excluding hydrogens is 206 g/mol. The minimum Gasteiger partial charge on any atom is -0.384 e. The Morgan fingerprint density at radius 3 is 2.44 bits per heavy atom. The van der Waals surface area contributed by atoms with Gasteiger partial charge in [-0.3, -0.25) is 9.59 Å². The van der Waals surface area contributed by atoms with Crippen LogP contribution in [0.2, 0.25) is 0 Å². The van der Waals surface area contributed by atoms with E-state index >= 15 is 0 Å². The maximum Gasteiger partial charge on any atom is 0.224 e. The van der Waals surface area contributed by atoms with Crippen molar-refractivity contribution in [2.45, 2.75) is 32.6 Å². The van der Waals surface area contributed by atoms with Gasteiger partial charge >= 0.3 is 0 Å². The molecule has 16 heavy (non-hydrogen) atoms. The number of ketones is 1. The lowest BCUT2D eigenvalue weighted by Gasteiger charge is -2.31. The molecule has 1 amide bonds. The number of hydrogen-bond acceptors (Lipinski definition) is 3. The Hall–Kier alpha value is -0.900. The normalized spacial score (nSPS) is 17.5. The molecule has 0 aromatic rings. The topological polar surface area (TPSA) is 46.6 Å². The molecule has 0 bridgehead atoms. The van der Waals surface area contributed by atoms with Gasteiger partial charge in [0.25, 0.3) is 0 Å². The molecule has 1 aliphatic rings. The van der Waals surface area contributed by atoms with Gasteiger partial charge < -0.3 is 9.64 Å². The van der Waals surface area contributed by atoms with Gasteiger partial charge in [0.1, 0.15) is 5.78 Å². The second-order valence-electron chi connectivity index (χ2n) is 4.22. The number of Topliss-reactive ketones (excluding diaryl/α,β-unsaturated/α-hetero) is 1. The van der Waals surface area contributed by atoms with Crippen LogP contribution in [0.1, 0.15) is 32.6 Å². The minimum atomic E-state index is 0.143. The number of carbonyl (C=O) groups is 2. The van der Waals surface area contributed by atoms with Crippen molar-refractivity contribution in [1.82, 2.24) is 4.90 Å². The summed E-state index contributed by atoms with van der Waals surface area (Å²) in [5.41, 5.74) is 0. The maximum absolute atomic E-state index is 11.7. The van der Waals surface area contributed by atoms with Gasteiger partial charge in [-0.25, -0.2) is 0 Å². The maximum atomic E-state index is 11.7. The van der Waals surface area contributed by atoms with Crippen LogP contribution in [-0.4, -0.2) is 43.4 Å². The number of hydrogen-bond donors (Lipinski definition) is 0. The van der Waals surface area contributed by atoms with E-state index in [-0.39, 0.29) is 11.8 Å². The fourth-order valence-corrected chi connectivity index (χ4v) is 2.09. The lowest BCUT2D eigenvalue weighted by atomic mass is 9.91. The largest absolute Gasteiger partial charge is 0.384 e. The summed E-state index contributed by atoms with van der Waals surface area (Å²) >= 11 is 0. The third-order valence-corrected chi connectivity index (χ3v) is 3.17. The highest BCUT2D eigenvalue weighted by molar-refractivity contribution is 5.81. The molecule has 0 spiro atoms. The second kappa shape index (κ2) is 6.63. The molecule has 1 rings (SSSR count). The third kappa shape index (κ3) is 3.59. The van der Waals surface area contributed by atoms with Gasteiger partial charge in [-0.15, -0.1) is 0 Å². The average Bonchev–Trinajstić information content (AvgIpc) is 2.35. The Labute approximate surface area is 96.9 Å². The monoisotopic (exact) mass is 227 g/mol. The van der Waals surface area contributed by atoms with Crippen molar-refractivity contribution in [3.63, 3.8) is 0 Å². The minimum absolute atomic E-state index is 0.143. The van der Waals surface area contributed by atoms with Crippen LogP contribution in [0.5, 0.6) is 0 Å². The van der Waals surface area contributed by atoms with Crippen LogP contribution >= 0.6 is 0 Å². The van der Waals surface area contributed by atoms with Crippen molar-refractivity contribution in [2.24, 2.45) is 5.92 Å². The molecule has 1 fully saturated rings. The zero-order chi connectivity index (χ0) is 12.0. The van der Waals surface area contributed by atoms with E-state index in [9.17, 15) is 9.59 Å². The molecule has 0 unspecified atom stereocenters. The highest BCUT2D eigenvalue weighted by atomic mass is 16.5. The number of methoxy groups -OCH3 is 1. The standard InChI is InChI=1S/C12H21NO3/c1-3-11(14)10-4-7-13(8-5-10)12(15)6-9-16-2/h10H,3-9H2,1-2H3. The predicted molar refractivity (Wildman–Crippen MR) is 61.1 cm³/mol.